The van der Waals surface area contributed by atoms with E-state index in [4.69, 9.17) is 42.1 Å². The van der Waals surface area contributed by atoms with Crippen LogP contribution in [0.5, 0.6) is 0 Å². The predicted octanol–water partition coefficient (Wildman–Crippen LogP) is -9.31. The van der Waals surface area contributed by atoms with Crippen LogP contribution < -0.4 is 40.9 Å². The molecule has 0 saturated heterocycles. The van der Waals surface area contributed by atoms with Crippen molar-refractivity contribution in [3.63, 3.8) is 0 Å². The van der Waals surface area contributed by atoms with Gasteiger partial charge in [-0.25, -0.2) is 0 Å². The Morgan fingerprint density at radius 1 is 0.241 bits per heavy atom. The summed E-state index contributed by atoms with van der Waals surface area (Å²) >= 11 is 0. The Morgan fingerprint density at radius 2 is 0.293 bits per heavy atom. The summed E-state index contributed by atoms with van der Waals surface area (Å²) in [4.78, 5) is 76.0. The van der Waals surface area contributed by atoms with Gasteiger partial charge in [-0.05, 0) is 0 Å². The number of nitriles is 8. The van der Waals surface area contributed by atoms with E-state index in [1.165, 1.54) is 48.6 Å². The maximum atomic E-state index is 9.50. The standard InChI is InChI=1S/8C4H3NO2.2C/c8*1-3(2-5)4(6)7;;/h8*1H2,(H,6,7);;/q;;;;;;;;2*+4/p-8. The van der Waals surface area contributed by atoms with Crippen molar-refractivity contribution in [1.29, 1.82) is 42.1 Å². The number of carboxylic acids is 8. The van der Waals surface area contributed by atoms with Crippen LogP contribution in [0.15, 0.2) is 97.2 Å². The van der Waals surface area contributed by atoms with Crippen LogP contribution in [0.1, 0.15) is 0 Å². The third-order valence-electron chi connectivity index (χ3n) is 3.05. The van der Waals surface area contributed by atoms with E-state index in [1.54, 1.807) is 0 Å². The molecular weight excluding hydrogens is 776 g/mol. The monoisotopic (exact) mass is 792 g/mol. The predicted molar refractivity (Wildman–Crippen MR) is 165 cm³/mol. The zero-order chi connectivity index (χ0) is 46.9. The molecule has 0 radical (unpaired) electrons. The average molecular weight is 793 g/mol. The van der Waals surface area contributed by atoms with Gasteiger partial charge < -0.3 is 79.2 Å². The first-order valence-corrected chi connectivity index (χ1v) is 11.9. The number of rotatable bonds is 8. The topological polar surface area (TPSA) is 511 Å². The van der Waals surface area contributed by atoms with Crippen LogP contribution in [-0.4, -0.2) is 47.8 Å². The molecule has 0 rings (SSSR count). The smallest absolute Gasteiger partial charge is 0.544 e. The number of aliphatic carboxylic acids is 8. The molecule has 0 bridgehead atoms. The molecule has 0 heterocycles. The number of nitrogens with zero attached hydrogens (tertiary/aromatic N) is 8. The van der Waals surface area contributed by atoms with Crippen LogP contribution in [0, 0.1) is 106 Å². The van der Waals surface area contributed by atoms with Gasteiger partial charge in [0.15, 0.2) is 0 Å². The first-order chi connectivity index (χ1) is 25.4. The largest absolute Gasteiger partial charge is 4.00 e. The van der Waals surface area contributed by atoms with Crippen molar-refractivity contribution in [3.05, 3.63) is 112 Å². The van der Waals surface area contributed by atoms with Crippen molar-refractivity contribution in [1.82, 2.24) is 0 Å². The first kappa shape index (κ1) is 73.1. The van der Waals surface area contributed by atoms with Crippen molar-refractivity contribution in [2.75, 3.05) is 0 Å². The fraction of sp³-hybridized carbons (Fsp3) is 0. The maximum absolute atomic E-state index is 9.50. The Balaban J connectivity index is -0.0000000565. The third-order valence-corrected chi connectivity index (χ3v) is 3.05. The van der Waals surface area contributed by atoms with E-state index < -0.39 is 92.3 Å². The van der Waals surface area contributed by atoms with E-state index in [0.29, 0.717) is 0 Å². The molecule has 0 fully saturated rings. The summed E-state index contributed by atoms with van der Waals surface area (Å²) in [6, 6.07) is 10.5. The molecule has 0 amide bonds. The van der Waals surface area contributed by atoms with E-state index >= 15 is 0 Å². The molecule has 0 aromatic carbocycles. The maximum Gasteiger partial charge on any atom is 4.00 e. The van der Waals surface area contributed by atoms with Crippen molar-refractivity contribution < 1.29 is 79.2 Å². The summed E-state index contributed by atoms with van der Waals surface area (Å²) in [5.41, 5.74) is -4.33. The second-order valence-electron chi connectivity index (χ2n) is 7.02. The number of carboxylic acid groups (broad SMARTS) is 8. The van der Waals surface area contributed by atoms with Crippen molar-refractivity contribution >= 4 is 47.8 Å². The summed E-state index contributed by atoms with van der Waals surface area (Å²) < 4.78 is 0. The van der Waals surface area contributed by atoms with Crippen LogP contribution in [0.2, 0.25) is 0 Å². The Bertz CT molecular complexity index is 1570. The molecule has 0 aromatic heterocycles. The van der Waals surface area contributed by atoms with E-state index in [1.807, 2.05) is 0 Å². The quantitative estimate of drug-likeness (QED) is 0.163. The zero-order valence-electron chi connectivity index (χ0n) is 28.8. The fourth-order valence-electron chi connectivity index (χ4n) is 0.365. The van der Waals surface area contributed by atoms with E-state index in [2.05, 4.69) is 52.6 Å². The molecule has 0 aliphatic heterocycles. The number of hydrogen-bond acceptors (Lipinski definition) is 24. The fourth-order valence-corrected chi connectivity index (χ4v) is 0.365. The number of carbonyl (C=O) groups is 8. The molecule has 0 aliphatic carbocycles. The minimum atomic E-state index is -1.51. The molecule has 0 saturated carbocycles. The minimum Gasteiger partial charge on any atom is -0.544 e. The van der Waals surface area contributed by atoms with Gasteiger partial charge in [0.1, 0.15) is 48.6 Å². The van der Waals surface area contributed by atoms with Crippen LogP contribution in [0.3, 0.4) is 0 Å². The third kappa shape index (κ3) is 64.2. The second kappa shape index (κ2) is 46.6. The summed E-state index contributed by atoms with van der Waals surface area (Å²) in [6.07, 6.45) is 0. The molecule has 24 nitrogen and oxygen atoms in total. The second-order valence-corrected chi connectivity index (χ2v) is 7.02. The van der Waals surface area contributed by atoms with E-state index in [0.717, 1.165) is 0 Å². The summed E-state index contributed by atoms with van der Waals surface area (Å²) in [5, 5.41) is 138. The van der Waals surface area contributed by atoms with Gasteiger partial charge in [0.25, 0.3) is 0 Å². The summed E-state index contributed by atoms with van der Waals surface area (Å²) in [7, 11) is 0. The van der Waals surface area contributed by atoms with Gasteiger partial charge in [-0.2, -0.15) is 42.1 Å². The van der Waals surface area contributed by atoms with Crippen LogP contribution in [0.25, 0.3) is 0 Å². The molecule has 58 heavy (non-hydrogen) atoms. The van der Waals surface area contributed by atoms with Crippen LogP contribution in [-0.2, 0) is 38.4 Å². The van der Waals surface area contributed by atoms with E-state index in [-0.39, 0.29) is 14.9 Å². The van der Waals surface area contributed by atoms with Crippen LogP contribution in [0.4, 0.5) is 0 Å². The summed E-state index contributed by atoms with van der Waals surface area (Å²) in [6.45, 7) is 22.8. The molecule has 0 aliphatic rings. The molecule has 0 unspecified atom stereocenters. The number of carbonyl (C=O) groups excluding carboxylic acids is 8. The van der Waals surface area contributed by atoms with Crippen molar-refractivity contribution in [3.8, 4) is 48.6 Å². The normalized spacial score (nSPS) is 6.48. The number of hydrogen-bond donors (Lipinski definition) is 0. The zero-order valence-corrected chi connectivity index (χ0v) is 28.8. The molecular formula is C34H16N8O16. The van der Waals surface area contributed by atoms with Gasteiger partial charge in [0, 0.05) is 0 Å². The first-order valence-electron chi connectivity index (χ1n) is 11.9. The van der Waals surface area contributed by atoms with Crippen molar-refractivity contribution in [2.45, 2.75) is 0 Å². The molecule has 0 aromatic rings. The van der Waals surface area contributed by atoms with Gasteiger partial charge in [-0.1, -0.05) is 52.6 Å². The van der Waals surface area contributed by atoms with Crippen molar-refractivity contribution in [2.24, 2.45) is 0 Å². The Hall–Kier alpha value is -10.4. The van der Waals surface area contributed by atoms with Gasteiger partial charge in [-0.3, -0.25) is 0 Å². The molecule has 0 atom stereocenters. The van der Waals surface area contributed by atoms with Crippen LogP contribution >= 0.6 is 0 Å². The van der Waals surface area contributed by atoms with Gasteiger partial charge in [0.2, 0.25) is 0 Å². The Labute approximate surface area is 329 Å². The van der Waals surface area contributed by atoms with Gasteiger partial charge in [-0.15, -0.1) is 0 Å². The summed E-state index contributed by atoms with van der Waals surface area (Å²) in [5.74, 6) is -12.1. The molecule has 288 valence electrons. The van der Waals surface area contributed by atoms with Gasteiger partial charge >= 0.3 is 14.9 Å². The molecule has 0 spiro atoms. The SMILES string of the molecule is C=C(C#N)C(=O)[O-].C=C(C#N)C(=O)[O-].C=C(C#N)C(=O)[O-].C=C(C#N)C(=O)[O-].C=C(C#N)C(=O)[O-].C=C(C#N)C(=O)[O-].C=C(C#N)C(=O)[O-].C=C(C#N)C(=O)[O-].[C+4].[C+4]. The molecule has 24 heteroatoms. The Kier molecular flexibility index (Phi) is 58.7. The average Bonchev–Trinajstić information content (AvgIpc) is 3.16. The van der Waals surface area contributed by atoms with Gasteiger partial charge in [0.05, 0.1) is 92.3 Å². The minimum absolute atomic E-state index is 0. The van der Waals surface area contributed by atoms with E-state index in [9.17, 15) is 79.2 Å². The Morgan fingerprint density at radius 3 is 0.293 bits per heavy atom. The molecule has 0 N–H and O–H groups in total.